The highest BCUT2D eigenvalue weighted by molar-refractivity contribution is 7.87. The molecule has 0 saturated carbocycles. The van der Waals surface area contributed by atoms with Crippen LogP contribution in [0.1, 0.15) is 58.9 Å². The predicted octanol–water partition coefficient (Wildman–Crippen LogP) is -0.196. The van der Waals surface area contributed by atoms with Crippen LogP contribution < -0.4 is 27.0 Å². The molecule has 0 aromatic heterocycles. The fourth-order valence-corrected chi connectivity index (χ4v) is 5.41. The van der Waals surface area contributed by atoms with E-state index in [2.05, 4.69) is 21.3 Å². The molecule has 4 atom stereocenters. The van der Waals surface area contributed by atoms with E-state index in [9.17, 15) is 46.5 Å². The first kappa shape index (κ1) is 38.6. The zero-order valence-corrected chi connectivity index (χ0v) is 27.4. The van der Waals surface area contributed by atoms with Crippen molar-refractivity contribution in [3.63, 3.8) is 0 Å². The average molecular weight is 683 g/mol. The second kappa shape index (κ2) is 17.4. The average Bonchev–Trinajstić information content (AvgIpc) is 3.21. The van der Waals surface area contributed by atoms with E-state index in [1.165, 1.54) is 13.8 Å². The van der Waals surface area contributed by atoms with Gasteiger partial charge in [0.2, 0.25) is 29.5 Å². The lowest BCUT2D eigenvalue weighted by Gasteiger charge is -2.27. The summed E-state index contributed by atoms with van der Waals surface area (Å²) in [5.74, 6) is -5.49. The minimum absolute atomic E-state index is 0.0190. The summed E-state index contributed by atoms with van der Waals surface area (Å²) in [4.78, 5) is 87.1. The number of esters is 1. The number of carbonyl (C=O) groups excluding carboxylic acids is 7. The van der Waals surface area contributed by atoms with E-state index in [1.807, 2.05) is 0 Å². The van der Waals surface area contributed by atoms with Gasteiger partial charge in [-0.2, -0.15) is 8.42 Å². The Labute approximate surface area is 272 Å². The Morgan fingerprint density at radius 2 is 1.66 bits per heavy atom. The third kappa shape index (κ3) is 12.3. The molecule has 2 rings (SSSR count). The minimum atomic E-state index is -5.03. The van der Waals surface area contributed by atoms with Crippen LogP contribution in [0.4, 0.5) is 10.5 Å². The number of rotatable bonds is 17. The van der Waals surface area contributed by atoms with Gasteiger partial charge in [-0.1, -0.05) is 32.9 Å². The standard InChI is InChI=1S/C29H42N6O11S/c1-16(2)24(34-26(39)22(47(43,44)45)11-13-35-23(37)14-17(3)28(35)41)27(40)33-21(6-5-12-31-29(30)42)25(38)32-20-9-7-19(8-10-20)15-46-18(4)36/h7-10,16-17,21-22,24H,5-6,11-15H2,1-4H3,(H,32,38)(H,33,40)(H,34,39)(H3,30,31,42)(H,43,44,45)/t17?,21-,22-,24-/m0/s1. The van der Waals surface area contributed by atoms with Crippen molar-refractivity contribution in [2.45, 2.75) is 77.3 Å². The van der Waals surface area contributed by atoms with Gasteiger partial charge >= 0.3 is 12.0 Å². The number of amides is 7. The van der Waals surface area contributed by atoms with E-state index in [0.29, 0.717) is 11.3 Å². The number of hydrogen-bond acceptors (Lipinski definition) is 10. The molecule has 0 radical (unpaired) electrons. The second-order valence-corrected chi connectivity index (χ2v) is 13.1. The van der Waals surface area contributed by atoms with Gasteiger partial charge in [-0.05, 0) is 42.9 Å². The number of likely N-dealkylation sites (tertiary alicyclic amines) is 1. The highest BCUT2D eigenvalue weighted by Crippen LogP contribution is 2.20. The van der Waals surface area contributed by atoms with E-state index in [1.54, 1.807) is 38.1 Å². The Bertz CT molecular complexity index is 1450. The molecule has 260 valence electrons. The van der Waals surface area contributed by atoms with Crippen molar-refractivity contribution >= 4 is 57.3 Å². The van der Waals surface area contributed by atoms with Gasteiger partial charge in [0.15, 0.2) is 5.25 Å². The van der Waals surface area contributed by atoms with Crippen LogP contribution in [0.3, 0.4) is 0 Å². The van der Waals surface area contributed by atoms with Crippen LogP contribution in [0, 0.1) is 11.8 Å². The summed E-state index contributed by atoms with van der Waals surface area (Å²) in [6, 6.07) is 3.00. The van der Waals surface area contributed by atoms with Gasteiger partial charge in [-0.3, -0.25) is 38.2 Å². The molecular formula is C29H42N6O11S. The van der Waals surface area contributed by atoms with E-state index in [-0.39, 0.29) is 32.4 Å². The van der Waals surface area contributed by atoms with Crippen molar-refractivity contribution < 1.29 is 51.3 Å². The normalized spacial score (nSPS) is 16.6. The van der Waals surface area contributed by atoms with Crippen LogP contribution in [0.15, 0.2) is 24.3 Å². The van der Waals surface area contributed by atoms with Crippen LogP contribution in [0.2, 0.25) is 0 Å². The number of nitrogens with one attached hydrogen (secondary N) is 4. The quantitative estimate of drug-likeness (QED) is 0.0543. The van der Waals surface area contributed by atoms with E-state index >= 15 is 0 Å². The molecule has 0 bridgehead atoms. The van der Waals surface area contributed by atoms with Gasteiger partial charge in [0.1, 0.15) is 18.7 Å². The first-order valence-electron chi connectivity index (χ1n) is 14.9. The smallest absolute Gasteiger partial charge is 0.312 e. The zero-order valence-electron chi connectivity index (χ0n) is 26.6. The predicted molar refractivity (Wildman–Crippen MR) is 167 cm³/mol. The first-order chi connectivity index (χ1) is 21.9. The van der Waals surface area contributed by atoms with E-state index in [0.717, 1.165) is 4.90 Å². The lowest BCUT2D eigenvalue weighted by Crippen LogP contribution is -2.56. The van der Waals surface area contributed by atoms with Crippen LogP contribution in [-0.2, 0) is 50.2 Å². The summed E-state index contributed by atoms with van der Waals surface area (Å²) < 4.78 is 39.0. The Morgan fingerprint density at radius 1 is 1.02 bits per heavy atom. The monoisotopic (exact) mass is 682 g/mol. The number of nitrogens with zero attached hydrogens (tertiary/aromatic N) is 1. The third-order valence-corrected chi connectivity index (χ3v) is 8.42. The van der Waals surface area contributed by atoms with Crippen molar-refractivity contribution in [2.75, 3.05) is 18.4 Å². The summed E-state index contributed by atoms with van der Waals surface area (Å²) in [5.41, 5.74) is 6.10. The number of ether oxygens (including phenoxy) is 1. The molecule has 47 heavy (non-hydrogen) atoms. The van der Waals surface area contributed by atoms with Gasteiger partial charge < -0.3 is 31.7 Å². The van der Waals surface area contributed by atoms with Crippen molar-refractivity contribution in [3.8, 4) is 0 Å². The summed E-state index contributed by atoms with van der Waals surface area (Å²) >= 11 is 0. The molecule has 7 N–H and O–H groups in total. The number of primary amides is 1. The SMILES string of the molecule is CC(=O)OCc1ccc(NC(=O)[C@H](CCCNC(N)=O)NC(=O)[C@@H](NC(=O)[C@H](CCN2C(=O)CC(C)C2=O)S(=O)(=O)O)C(C)C)cc1. The topological polar surface area (TPSA) is 260 Å². The molecule has 1 aliphatic heterocycles. The zero-order chi connectivity index (χ0) is 35.5. The maximum atomic E-state index is 13.4. The number of urea groups is 1. The number of nitrogens with two attached hydrogens (primary N) is 1. The summed E-state index contributed by atoms with van der Waals surface area (Å²) in [5, 5.41) is 7.80. The van der Waals surface area contributed by atoms with E-state index in [4.69, 9.17) is 10.5 Å². The number of hydrogen-bond donors (Lipinski definition) is 6. The Kier molecular flexibility index (Phi) is 14.3. The second-order valence-electron chi connectivity index (χ2n) is 11.5. The van der Waals surface area contributed by atoms with Crippen molar-refractivity contribution in [1.29, 1.82) is 0 Å². The fraction of sp³-hybridized carbons (Fsp3) is 0.552. The van der Waals surface area contributed by atoms with Crippen LogP contribution in [0.25, 0.3) is 0 Å². The Morgan fingerprint density at radius 3 is 2.17 bits per heavy atom. The molecule has 17 nitrogen and oxygen atoms in total. The largest absolute Gasteiger partial charge is 0.461 e. The molecule has 0 spiro atoms. The highest BCUT2D eigenvalue weighted by Gasteiger charge is 2.39. The van der Waals surface area contributed by atoms with Crippen molar-refractivity contribution in [1.82, 2.24) is 20.9 Å². The Hall–Kier alpha value is -4.58. The van der Waals surface area contributed by atoms with Gasteiger partial charge in [0.25, 0.3) is 10.1 Å². The summed E-state index contributed by atoms with van der Waals surface area (Å²) in [6.07, 6.45) is -0.450. The molecule has 1 aliphatic rings. The third-order valence-electron chi connectivity index (χ3n) is 7.25. The van der Waals surface area contributed by atoms with Crippen LogP contribution in [-0.4, -0.2) is 89.8 Å². The van der Waals surface area contributed by atoms with Gasteiger partial charge in [-0.25, -0.2) is 4.79 Å². The van der Waals surface area contributed by atoms with Crippen molar-refractivity contribution in [3.05, 3.63) is 29.8 Å². The van der Waals surface area contributed by atoms with Crippen molar-refractivity contribution in [2.24, 2.45) is 17.6 Å². The first-order valence-corrected chi connectivity index (χ1v) is 16.4. The number of anilines is 1. The lowest BCUT2D eigenvalue weighted by atomic mass is 10.0. The maximum absolute atomic E-state index is 13.4. The highest BCUT2D eigenvalue weighted by atomic mass is 32.2. The summed E-state index contributed by atoms with van der Waals surface area (Å²) in [7, 11) is -5.03. The van der Waals surface area contributed by atoms with Gasteiger partial charge in [-0.15, -0.1) is 0 Å². The lowest BCUT2D eigenvalue weighted by molar-refractivity contribution is -0.142. The summed E-state index contributed by atoms with van der Waals surface area (Å²) in [6.45, 7) is 5.59. The molecule has 1 fully saturated rings. The number of carbonyl (C=O) groups is 7. The number of imide groups is 1. The molecule has 1 aromatic rings. The van der Waals surface area contributed by atoms with Crippen LogP contribution in [0.5, 0.6) is 0 Å². The number of benzene rings is 1. The molecular weight excluding hydrogens is 640 g/mol. The Balaban J connectivity index is 2.18. The molecule has 0 aliphatic carbocycles. The molecule has 1 heterocycles. The molecule has 1 unspecified atom stereocenters. The molecule has 18 heteroatoms. The van der Waals surface area contributed by atoms with Gasteiger partial charge in [0, 0.05) is 38.0 Å². The van der Waals surface area contributed by atoms with Gasteiger partial charge in [0.05, 0.1) is 0 Å². The maximum Gasteiger partial charge on any atom is 0.312 e. The van der Waals surface area contributed by atoms with E-state index < -0.39 is 93.8 Å². The molecule has 1 aromatic carbocycles. The molecule has 7 amide bonds. The fourth-order valence-electron chi connectivity index (χ4n) is 4.67. The van der Waals surface area contributed by atoms with Crippen LogP contribution >= 0.6 is 0 Å². The molecule has 1 saturated heterocycles. The minimum Gasteiger partial charge on any atom is -0.461 e.